The molecule has 0 bridgehead atoms. The van der Waals surface area contributed by atoms with Gasteiger partial charge in [0.1, 0.15) is 0 Å². The number of para-hydroxylation sites is 1. The predicted molar refractivity (Wildman–Crippen MR) is 131 cm³/mol. The van der Waals surface area contributed by atoms with Crippen molar-refractivity contribution in [3.63, 3.8) is 0 Å². The first-order valence-corrected chi connectivity index (χ1v) is 10.6. The number of hydrogen-bond acceptors (Lipinski definition) is 3. The normalized spacial score (nSPS) is 14.8. The number of guanidine groups is 1. The van der Waals surface area contributed by atoms with Gasteiger partial charge in [-0.1, -0.05) is 24.6 Å². The first-order valence-electron chi connectivity index (χ1n) is 10.6. The van der Waals surface area contributed by atoms with Gasteiger partial charge in [-0.3, -0.25) is 4.79 Å². The molecule has 7 nitrogen and oxygen atoms in total. The highest BCUT2D eigenvalue weighted by molar-refractivity contribution is 14.0. The minimum absolute atomic E-state index is 0. The number of aliphatic imine (C=N–C) groups is 1. The first kappa shape index (κ1) is 24.2. The Kier molecular flexibility index (Phi) is 10.7. The maximum Gasteiger partial charge on any atom is 0.222 e. The third kappa shape index (κ3) is 7.62. The van der Waals surface area contributed by atoms with Crippen LogP contribution in [0.25, 0.3) is 5.69 Å². The maximum atomic E-state index is 12.1. The van der Waals surface area contributed by atoms with Crippen molar-refractivity contribution in [2.75, 3.05) is 26.2 Å². The van der Waals surface area contributed by atoms with Gasteiger partial charge >= 0.3 is 0 Å². The summed E-state index contributed by atoms with van der Waals surface area (Å²) in [6, 6.07) is 10.1. The van der Waals surface area contributed by atoms with Crippen LogP contribution >= 0.6 is 24.0 Å². The van der Waals surface area contributed by atoms with E-state index in [0.717, 1.165) is 62.7 Å². The number of carbonyl (C=O) groups excluding carboxylic acids is 1. The lowest BCUT2D eigenvalue weighted by atomic mass is 10.2. The summed E-state index contributed by atoms with van der Waals surface area (Å²) in [6.45, 7) is 5.93. The van der Waals surface area contributed by atoms with Crippen molar-refractivity contribution in [3.05, 3.63) is 48.3 Å². The van der Waals surface area contributed by atoms with E-state index in [1.54, 1.807) is 0 Å². The van der Waals surface area contributed by atoms with E-state index in [0.29, 0.717) is 18.9 Å². The SMILES string of the molecule is CCNC(=NCc1cnn(-c2ccccc2)c1)NCCCN1CCCCCC1=O.I. The molecule has 30 heavy (non-hydrogen) atoms. The molecule has 2 heterocycles. The summed E-state index contributed by atoms with van der Waals surface area (Å²) < 4.78 is 1.86. The summed E-state index contributed by atoms with van der Waals surface area (Å²) in [5.41, 5.74) is 2.09. The van der Waals surface area contributed by atoms with Crippen LogP contribution in [0.2, 0.25) is 0 Å². The Hall–Kier alpha value is -2.10. The quantitative estimate of drug-likeness (QED) is 0.241. The average molecular weight is 524 g/mol. The Labute approximate surface area is 196 Å². The van der Waals surface area contributed by atoms with Crippen LogP contribution in [0.5, 0.6) is 0 Å². The number of amides is 1. The Balaban J connectivity index is 0.00000320. The first-order chi connectivity index (χ1) is 14.3. The van der Waals surface area contributed by atoms with E-state index in [-0.39, 0.29) is 24.0 Å². The molecule has 1 fully saturated rings. The standard InChI is InChI=1S/C22H32N6O.HI/c1-2-23-22(24-13-9-15-27-14-8-4-7-12-21(27)29)25-16-19-17-26-28(18-19)20-10-5-3-6-11-20;/h3,5-6,10-11,17-18H,2,4,7-9,12-16H2,1H3,(H2,23,24,25);1H. The van der Waals surface area contributed by atoms with Crippen LogP contribution in [0.4, 0.5) is 0 Å². The van der Waals surface area contributed by atoms with Gasteiger partial charge in [0, 0.05) is 44.4 Å². The van der Waals surface area contributed by atoms with E-state index >= 15 is 0 Å². The number of halogens is 1. The second-order valence-electron chi connectivity index (χ2n) is 7.30. The highest BCUT2D eigenvalue weighted by Crippen LogP contribution is 2.11. The van der Waals surface area contributed by atoms with Crippen molar-refractivity contribution in [3.8, 4) is 5.69 Å². The molecule has 1 aliphatic heterocycles. The molecule has 1 aromatic carbocycles. The zero-order valence-corrected chi connectivity index (χ0v) is 20.0. The van der Waals surface area contributed by atoms with Crippen molar-refractivity contribution < 1.29 is 4.79 Å². The molecule has 2 N–H and O–H groups in total. The van der Waals surface area contributed by atoms with Gasteiger partial charge in [-0.15, -0.1) is 24.0 Å². The van der Waals surface area contributed by atoms with E-state index < -0.39 is 0 Å². The van der Waals surface area contributed by atoms with Crippen molar-refractivity contribution in [2.24, 2.45) is 4.99 Å². The van der Waals surface area contributed by atoms with Crippen LogP contribution in [-0.2, 0) is 11.3 Å². The third-order valence-electron chi connectivity index (χ3n) is 4.99. The van der Waals surface area contributed by atoms with Crippen LogP contribution in [-0.4, -0.2) is 52.7 Å². The molecular formula is C22H33IN6O. The molecular weight excluding hydrogens is 491 g/mol. The van der Waals surface area contributed by atoms with Crippen LogP contribution in [0.15, 0.2) is 47.7 Å². The summed E-state index contributed by atoms with van der Waals surface area (Å²) in [5.74, 6) is 1.10. The van der Waals surface area contributed by atoms with Gasteiger partial charge in [-0.2, -0.15) is 5.10 Å². The van der Waals surface area contributed by atoms with E-state index in [9.17, 15) is 4.79 Å². The molecule has 0 unspecified atom stereocenters. The minimum atomic E-state index is 0. The Morgan fingerprint density at radius 2 is 2.00 bits per heavy atom. The molecule has 164 valence electrons. The minimum Gasteiger partial charge on any atom is -0.357 e. The number of nitrogens with zero attached hydrogens (tertiary/aromatic N) is 4. The summed E-state index contributed by atoms with van der Waals surface area (Å²) in [6.07, 6.45) is 8.80. The fraction of sp³-hybridized carbons (Fsp3) is 0.500. The van der Waals surface area contributed by atoms with Gasteiger partial charge in [0.15, 0.2) is 5.96 Å². The molecule has 0 saturated carbocycles. The lowest BCUT2D eigenvalue weighted by Crippen LogP contribution is -2.39. The van der Waals surface area contributed by atoms with Crippen molar-refractivity contribution >= 4 is 35.8 Å². The Morgan fingerprint density at radius 3 is 2.80 bits per heavy atom. The molecule has 3 rings (SSSR count). The molecule has 0 radical (unpaired) electrons. The van der Waals surface area contributed by atoms with E-state index in [1.165, 1.54) is 6.42 Å². The lowest BCUT2D eigenvalue weighted by molar-refractivity contribution is -0.130. The molecule has 0 aliphatic carbocycles. The molecule has 1 amide bonds. The van der Waals surface area contributed by atoms with E-state index in [2.05, 4.69) is 27.6 Å². The molecule has 0 spiro atoms. The molecule has 8 heteroatoms. The van der Waals surface area contributed by atoms with Crippen molar-refractivity contribution in [2.45, 2.75) is 45.6 Å². The van der Waals surface area contributed by atoms with Crippen molar-refractivity contribution in [1.29, 1.82) is 0 Å². The monoisotopic (exact) mass is 524 g/mol. The molecule has 1 aliphatic rings. The molecule has 1 aromatic heterocycles. The van der Waals surface area contributed by atoms with Crippen molar-refractivity contribution in [1.82, 2.24) is 25.3 Å². The maximum absolute atomic E-state index is 12.1. The lowest BCUT2D eigenvalue weighted by Gasteiger charge is -2.20. The number of likely N-dealkylation sites (tertiary alicyclic amines) is 1. The fourth-order valence-electron chi connectivity index (χ4n) is 3.43. The second kappa shape index (κ2) is 13.3. The van der Waals surface area contributed by atoms with Gasteiger partial charge in [0.05, 0.1) is 18.4 Å². The largest absolute Gasteiger partial charge is 0.357 e. The van der Waals surface area contributed by atoms with E-state index in [1.807, 2.05) is 52.3 Å². The number of hydrogen-bond donors (Lipinski definition) is 2. The number of benzene rings is 1. The van der Waals surface area contributed by atoms with Crippen LogP contribution < -0.4 is 10.6 Å². The van der Waals surface area contributed by atoms with Crippen LogP contribution in [0.3, 0.4) is 0 Å². The topological polar surface area (TPSA) is 74.6 Å². The Bertz CT molecular complexity index is 792. The zero-order valence-electron chi connectivity index (χ0n) is 17.7. The number of carbonyl (C=O) groups is 1. The third-order valence-corrected chi connectivity index (χ3v) is 4.99. The zero-order chi connectivity index (χ0) is 20.3. The average Bonchev–Trinajstić information content (AvgIpc) is 3.13. The van der Waals surface area contributed by atoms with E-state index in [4.69, 9.17) is 0 Å². The second-order valence-corrected chi connectivity index (χ2v) is 7.30. The summed E-state index contributed by atoms with van der Waals surface area (Å²) >= 11 is 0. The van der Waals surface area contributed by atoms with Gasteiger partial charge in [-0.05, 0) is 38.3 Å². The summed E-state index contributed by atoms with van der Waals surface area (Å²) in [5, 5.41) is 11.1. The Morgan fingerprint density at radius 1 is 1.17 bits per heavy atom. The number of rotatable bonds is 8. The molecule has 0 atom stereocenters. The predicted octanol–water partition coefficient (Wildman–Crippen LogP) is 3.34. The molecule has 2 aromatic rings. The van der Waals surface area contributed by atoms with Gasteiger partial charge in [-0.25, -0.2) is 9.67 Å². The van der Waals surface area contributed by atoms with Gasteiger partial charge in [0.25, 0.3) is 0 Å². The number of nitrogens with one attached hydrogen (secondary N) is 2. The summed E-state index contributed by atoms with van der Waals surface area (Å²) in [7, 11) is 0. The van der Waals surface area contributed by atoms with Gasteiger partial charge < -0.3 is 15.5 Å². The number of aromatic nitrogens is 2. The highest BCUT2D eigenvalue weighted by Gasteiger charge is 2.15. The highest BCUT2D eigenvalue weighted by atomic mass is 127. The summed E-state index contributed by atoms with van der Waals surface area (Å²) in [4.78, 5) is 18.7. The van der Waals surface area contributed by atoms with Gasteiger partial charge in [0.2, 0.25) is 5.91 Å². The molecule has 1 saturated heterocycles. The fourth-order valence-corrected chi connectivity index (χ4v) is 3.43. The van der Waals surface area contributed by atoms with Crippen LogP contribution in [0, 0.1) is 0 Å². The smallest absolute Gasteiger partial charge is 0.222 e. The van der Waals surface area contributed by atoms with Crippen LogP contribution in [0.1, 0.15) is 44.6 Å².